The number of hydrogen-bond donors (Lipinski definition) is 1. The third kappa shape index (κ3) is 2.07. The minimum Gasteiger partial charge on any atom is -0.374 e. The normalized spacial score (nSPS) is 17.9. The minimum atomic E-state index is 0.386. The average molecular weight is 218 g/mol. The van der Waals surface area contributed by atoms with Crippen molar-refractivity contribution in [1.82, 2.24) is 0 Å². The van der Waals surface area contributed by atoms with Crippen molar-refractivity contribution >= 4 is 5.69 Å². The summed E-state index contributed by atoms with van der Waals surface area (Å²) >= 11 is 0. The van der Waals surface area contributed by atoms with Gasteiger partial charge < -0.3 is 10.6 Å². The van der Waals surface area contributed by atoms with Crippen LogP contribution in [0.15, 0.2) is 24.3 Å². The van der Waals surface area contributed by atoms with Gasteiger partial charge in [-0.15, -0.1) is 0 Å². The molecule has 2 N–H and O–H groups in total. The quantitative estimate of drug-likeness (QED) is 0.841. The maximum Gasteiger partial charge on any atom is 0.0393 e. The summed E-state index contributed by atoms with van der Waals surface area (Å²) in [5.74, 6) is 0. The molecule has 0 saturated heterocycles. The zero-order chi connectivity index (χ0) is 11.6. The van der Waals surface area contributed by atoms with E-state index in [-0.39, 0.29) is 0 Å². The van der Waals surface area contributed by atoms with Gasteiger partial charge in [0, 0.05) is 24.7 Å². The van der Waals surface area contributed by atoms with Gasteiger partial charge in [-0.2, -0.15) is 0 Å². The maximum atomic E-state index is 5.91. The van der Waals surface area contributed by atoms with Crippen molar-refractivity contribution in [3.63, 3.8) is 0 Å². The lowest BCUT2D eigenvalue weighted by Crippen LogP contribution is -2.46. The van der Waals surface area contributed by atoms with E-state index >= 15 is 0 Å². The van der Waals surface area contributed by atoms with Crippen LogP contribution in [0.5, 0.6) is 0 Å². The number of hydrogen-bond acceptors (Lipinski definition) is 2. The molecular formula is C14H22N2. The summed E-state index contributed by atoms with van der Waals surface area (Å²) in [5, 5.41) is 0. The molecule has 0 heterocycles. The van der Waals surface area contributed by atoms with Gasteiger partial charge in [0.25, 0.3) is 0 Å². The highest BCUT2D eigenvalue weighted by Crippen LogP contribution is 2.41. The molecule has 16 heavy (non-hydrogen) atoms. The van der Waals surface area contributed by atoms with Crippen molar-refractivity contribution in [1.29, 1.82) is 0 Å². The first-order valence-electron chi connectivity index (χ1n) is 6.14. The Morgan fingerprint density at radius 3 is 2.50 bits per heavy atom. The van der Waals surface area contributed by atoms with Gasteiger partial charge >= 0.3 is 0 Å². The largest absolute Gasteiger partial charge is 0.374 e. The molecule has 2 rings (SSSR count). The Labute approximate surface area is 98.4 Å². The van der Waals surface area contributed by atoms with E-state index in [1.54, 1.807) is 0 Å². The van der Waals surface area contributed by atoms with E-state index in [1.807, 2.05) is 0 Å². The SMILES string of the molecule is Cc1ccccc1N(C)CC1(CN)CCC1. The lowest BCUT2D eigenvalue weighted by atomic mass is 9.68. The van der Waals surface area contributed by atoms with Crippen LogP contribution in [-0.2, 0) is 0 Å². The van der Waals surface area contributed by atoms with Crippen LogP contribution in [0.4, 0.5) is 5.69 Å². The fourth-order valence-corrected chi connectivity index (χ4v) is 2.68. The first-order valence-corrected chi connectivity index (χ1v) is 6.14. The summed E-state index contributed by atoms with van der Waals surface area (Å²) in [6.45, 7) is 4.08. The molecular weight excluding hydrogens is 196 g/mol. The molecule has 0 spiro atoms. The molecule has 0 aromatic heterocycles. The van der Waals surface area contributed by atoms with Gasteiger partial charge in [-0.05, 0) is 37.9 Å². The minimum absolute atomic E-state index is 0.386. The molecule has 0 amide bonds. The number of para-hydroxylation sites is 1. The summed E-state index contributed by atoms with van der Waals surface area (Å²) in [5.41, 5.74) is 8.97. The molecule has 0 aliphatic heterocycles. The second kappa shape index (κ2) is 4.46. The fraction of sp³-hybridized carbons (Fsp3) is 0.571. The van der Waals surface area contributed by atoms with E-state index in [9.17, 15) is 0 Å². The van der Waals surface area contributed by atoms with Crippen molar-refractivity contribution in [2.75, 3.05) is 25.0 Å². The summed E-state index contributed by atoms with van der Waals surface area (Å²) < 4.78 is 0. The van der Waals surface area contributed by atoms with E-state index < -0.39 is 0 Å². The van der Waals surface area contributed by atoms with E-state index in [2.05, 4.69) is 43.1 Å². The van der Waals surface area contributed by atoms with Crippen molar-refractivity contribution in [3.8, 4) is 0 Å². The highest BCUT2D eigenvalue weighted by Gasteiger charge is 2.36. The molecule has 2 heteroatoms. The Morgan fingerprint density at radius 1 is 1.31 bits per heavy atom. The van der Waals surface area contributed by atoms with Gasteiger partial charge in [0.2, 0.25) is 0 Å². The first kappa shape index (κ1) is 11.5. The zero-order valence-electron chi connectivity index (χ0n) is 10.4. The van der Waals surface area contributed by atoms with E-state index in [0.717, 1.165) is 13.1 Å². The predicted octanol–water partition coefficient (Wildman–Crippen LogP) is 2.56. The number of rotatable bonds is 4. The van der Waals surface area contributed by atoms with Crippen LogP contribution in [0.3, 0.4) is 0 Å². The van der Waals surface area contributed by atoms with E-state index in [0.29, 0.717) is 5.41 Å². The molecule has 1 aliphatic carbocycles. The van der Waals surface area contributed by atoms with Crippen LogP contribution in [-0.4, -0.2) is 20.1 Å². The zero-order valence-corrected chi connectivity index (χ0v) is 10.4. The van der Waals surface area contributed by atoms with Gasteiger partial charge in [-0.25, -0.2) is 0 Å². The number of anilines is 1. The van der Waals surface area contributed by atoms with Crippen LogP contribution in [0.25, 0.3) is 0 Å². The van der Waals surface area contributed by atoms with Crippen LogP contribution >= 0.6 is 0 Å². The topological polar surface area (TPSA) is 29.3 Å². The predicted molar refractivity (Wildman–Crippen MR) is 69.8 cm³/mol. The van der Waals surface area contributed by atoms with Crippen molar-refractivity contribution in [2.24, 2.45) is 11.1 Å². The summed E-state index contributed by atoms with van der Waals surface area (Å²) in [7, 11) is 2.18. The lowest BCUT2D eigenvalue weighted by molar-refractivity contribution is 0.154. The van der Waals surface area contributed by atoms with Gasteiger partial charge in [0.1, 0.15) is 0 Å². The number of nitrogens with two attached hydrogens (primary N) is 1. The highest BCUT2D eigenvalue weighted by molar-refractivity contribution is 5.52. The van der Waals surface area contributed by atoms with Gasteiger partial charge in [0.05, 0.1) is 0 Å². The van der Waals surface area contributed by atoms with Crippen LogP contribution in [0, 0.1) is 12.3 Å². The molecule has 1 saturated carbocycles. The monoisotopic (exact) mass is 218 g/mol. The molecule has 1 aliphatic rings. The Balaban J connectivity index is 2.08. The molecule has 2 nitrogen and oxygen atoms in total. The smallest absolute Gasteiger partial charge is 0.0393 e. The summed E-state index contributed by atoms with van der Waals surface area (Å²) in [6, 6.07) is 8.56. The van der Waals surface area contributed by atoms with Crippen LogP contribution < -0.4 is 10.6 Å². The third-order valence-electron chi connectivity index (χ3n) is 3.95. The Kier molecular flexibility index (Phi) is 3.20. The average Bonchev–Trinajstić information content (AvgIpc) is 2.24. The Bertz CT molecular complexity index is 350. The van der Waals surface area contributed by atoms with Crippen molar-refractivity contribution in [2.45, 2.75) is 26.2 Å². The second-order valence-corrected chi connectivity index (χ2v) is 5.20. The number of benzene rings is 1. The molecule has 0 atom stereocenters. The highest BCUT2D eigenvalue weighted by atomic mass is 15.1. The summed E-state index contributed by atoms with van der Waals surface area (Å²) in [6.07, 6.45) is 3.93. The standard InChI is InChI=1S/C14H22N2/c1-12-6-3-4-7-13(12)16(2)11-14(10-15)8-5-9-14/h3-4,6-7H,5,8-11,15H2,1-2H3. The Morgan fingerprint density at radius 2 is 2.00 bits per heavy atom. The van der Waals surface area contributed by atoms with Gasteiger partial charge in [-0.1, -0.05) is 24.6 Å². The second-order valence-electron chi connectivity index (χ2n) is 5.20. The molecule has 1 fully saturated rings. The third-order valence-corrected chi connectivity index (χ3v) is 3.95. The molecule has 88 valence electrons. The van der Waals surface area contributed by atoms with Gasteiger partial charge in [0.15, 0.2) is 0 Å². The molecule has 1 aromatic rings. The number of aryl methyl sites for hydroxylation is 1. The van der Waals surface area contributed by atoms with Gasteiger partial charge in [-0.3, -0.25) is 0 Å². The molecule has 0 bridgehead atoms. The molecule has 1 aromatic carbocycles. The van der Waals surface area contributed by atoms with Crippen LogP contribution in [0.1, 0.15) is 24.8 Å². The molecule has 0 unspecified atom stereocenters. The number of nitrogens with zero attached hydrogens (tertiary/aromatic N) is 1. The lowest BCUT2D eigenvalue weighted by Gasteiger charge is -2.44. The van der Waals surface area contributed by atoms with E-state index in [1.165, 1.54) is 30.5 Å². The molecule has 0 radical (unpaired) electrons. The fourth-order valence-electron chi connectivity index (χ4n) is 2.68. The summed E-state index contributed by atoms with van der Waals surface area (Å²) in [4.78, 5) is 2.36. The van der Waals surface area contributed by atoms with E-state index in [4.69, 9.17) is 5.73 Å². The van der Waals surface area contributed by atoms with Crippen molar-refractivity contribution in [3.05, 3.63) is 29.8 Å². The van der Waals surface area contributed by atoms with Crippen molar-refractivity contribution < 1.29 is 0 Å². The first-order chi connectivity index (χ1) is 7.67. The maximum absolute atomic E-state index is 5.91. The Hall–Kier alpha value is -1.02. The van der Waals surface area contributed by atoms with Crippen LogP contribution in [0.2, 0.25) is 0 Å².